The lowest BCUT2D eigenvalue weighted by atomic mass is 9.87. The molecule has 22 heavy (non-hydrogen) atoms. The summed E-state index contributed by atoms with van der Waals surface area (Å²) in [5.41, 5.74) is 2.25. The Bertz CT molecular complexity index is 556. The van der Waals surface area contributed by atoms with Gasteiger partial charge in [0.05, 0.1) is 6.10 Å². The lowest BCUT2D eigenvalue weighted by molar-refractivity contribution is -0.118. The summed E-state index contributed by atoms with van der Waals surface area (Å²) in [6.45, 7) is 2.25. The van der Waals surface area contributed by atoms with E-state index >= 15 is 0 Å². The first-order valence-electron chi connectivity index (χ1n) is 8.18. The van der Waals surface area contributed by atoms with Crippen LogP contribution in [-0.4, -0.2) is 23.7 Å². The molecule has 0 radical (unpaired) electrons. The van der Waals surface area contributed by atoms with Crippen LogP contribution in [0.3, 0.4) is 0 Å². The van der Waals surface area contributed by atoms with Gasteiger partial charge in [-0.3, -0.25) is 4.79 Å². The first-order valence-corrected chi connectivity index (χ1v) is 8.18. The number of hydrogen-bond acceptors (Lipinski definition) is 2. The van der Waals surface area contributed by atoms with Crippen LogP contribution in [0.2, 0.25) is 0 Å². The van der Waals surface area contributed by atoms with Gasteiger partial charge in [-0.2, -0.15) is 0 Å². The van der Waals surface area contributed by atoms with E-state index in [9.17, 15) is 9.90 Å². The van der Waals surface area contributed by atoms with Gasteiger partial charge in [-0.15, -0.1) is 0 Å². The SMILES string of the molecule is CC(=O)NCCCc1cccc(C#CC2CCCCC2O)c1. The summed E-state index contributed by atoms with van der Waals surface area (Å²) < 4.78 is 0. The summed E-state index contributed by atoms with van der Waals surface area (Å²) in [4.78, 5) is 10.8. The average Bonchev–Trinajstić information content (AvgIpc) is 2.51. The molecule has 0 aliphatic heterocycles. The Labute approximate surface area is 133 Å². The van der Waals surface area contributed by atoms with Gasteiger partial charge < -0.3 is 10.4 Å². The van der Waals surface area contributed by atoms with Crippen molar-refractivity contribution in [3.8, 4) is 11.8 Å². The van der Waals surface area contributed by atoms with Gasteiger partial charge >= 0.3 is 0 Å². The van der Waals surface area contributed by atoms with Crippen molar-refractivity contribution >= 4 is 5.91 Å². The Kier molecular flexibility index (Phi) is 6.48. The minimum atomic E-state index is -0.262. The maximum absolute atomic E-state index is 10.8. The van der Waals surface area contributed by atoms with Crippen molar-refractivity contribution < 1.29 is 9.90 Å². The van der Waals surface area contributed by atoms with Crippen LogP contribution in [-0.2, 0) is 11.2 Å². The van der Waals surface area contributed by atoms with Crippen LogP contribution < -0.4 is 5.32 Å². The van der Waals surface area contributed by atoms with E-state index in [0.717, 1.165) is 37.7 Å². The molecule has 0 heterocycles. The van der Waals surface area contributed by atoms with Crippen molar-refractivity contribution in [2.24, 2.45) is 5.92 Å². The Morgan fingerprint density at radius 2 is 2.18 bits per heavy atom. The number of aliphatic hydroxyl groups is 1. The predicted molar refractivity (Wildman–Crippen MR) is 88.3 cm³/mol. The van der Waals surface area contributed by atoms with Crippen molar-refractivity contribution in [3.05, 3.63) is 35.4 Å². The third-order valence-corrected chi connectivity index (χ3v) is 4.07. The van der Waals surface area contributed by atoms with Crippen molar-refractivity contribution in [2.75, 3.05) is 6.54 Å². The van der Waals surface area contributed by atoms with Gasteiger partial charge in [0.2, 0.25) is 5.91 Å². The highest BCUT2D eigenvalue weighted by atomic mass is 16.3. The first-order chi connectivity index (χ1) is 10.6. The second-order valence-corrected chi connectivity index (χ2v) is 6.01. The molecule has 3 nitrogen and oxygen atoms in total. The molecule has 1 aliphatic carbocycles. The molecular weight excluding hydrogens is 274 g/mol. The summed E-state index contributed by atoms with van der Waals surface area (Å²) in [7, 11) is 0. The van der Waals surface area contributed by atoms with Gasteiger partial charge in [-0.1, -0.05) is 36.8 Å². The number of carbonyl (C=O) groups is 1. The van der Waals surface area contributed by atoms with Gasteiger partial charge in [0.25, 0.3) is 0 Å². The molecule has 2 rings (SSSR count). The van der Waals surface area contributed by atoms with Crippen LogP contribution in [0.4, 0.5) is 0 Å². The Hall–Kier alpha value is -1.79. The molecule has 0 aromatic heterocycles. The number of amides is 1. The fourth-order valence-electron chi connectivity index (χ4n) is 2.82. The maximum atomic E-state index is 10.8. The number of nitrogens with one attached hydrogen (secondary N) is 1. The van der Waals surface area contributed by atoms with Gasteiger partial charge in [0.1, 0.15) is 0 Å². The summed E-state index contributed by atoms with van der Waals surface area (Å²) in [5.74, 6) is 6.60. The Morgan fingerprint density at radius 3 is 2.95 bits per heavy atom. The Morgan fingerprint density at radius 1 is 1.36 bits per heavy atom. The molecule has 0 bridgehead atoms. The quantitative estimate of drug-likeness (QED) is 0.663. The largest absolute Gasteiger partial charge is 0.392 e. The lowest BCUT2D eigenvalue weighted by Crippen LogP contribution is -2.22. The standard InChI is InChI=1S/C19H25NO2/c1-15(21)20-13-5-8-16-6-4-7-17(14-16)11-12-18-9-2-3-10-19(18)22/h4,6-7,14,18-19,22H,2-3,5,8-10,13H2,1H3,(H,20,21). The molecule has 3 heteroatoms. The lowest BCUT2D eigenvalue weighted by Gasteiger charge is -2.22. The molecule has 1 amide bonds. The van der Waals surface area contributed by atoms with E-state index in [1.165, 1.54) is 18.9 Å². The zero-order valence-corrected chi connectivity index (χ0v) is 13.3. The van der Waals surface area contributed by atoms with E-state index in [-0.39, 0.29) is 17.9 Å². The van der Waals surface area contributed by atoms with Crippen molar-refractivity contribution in [2.45, 2.75) is 51.6 Å². The van der Waals surface area contributed by atoms with Gasteiger partial charge in [0.15, 0.2) is 0 Å². The molecule has 1 aromatic rings. The highest BCUT2D eigenvalue weighted by Crippen LogP contribution is 2.23. The van der Waals surface area contributed by atoms with E-state index in [2.05, 4.69) is 29.3 Å². The molecular formula is C19H25NO2. The van der Waals surface area contributed by atoms with Crippen LogP contribution in [0.25, 0.3) is 0 Å². The number of benzene rings is 1. The fraction of sp³-hybridized carbons (Fsp3) is 0.526. The van der Waals surface area contributed by atoms with E-state index in [1.807, 2.05) is 12.1 Å². The van der Waals surface area contributed by atoms with E-state index < -0.39 is 0 Å². The van der Waals surface area contributed by atoms with Crippen LogP contribution in [0.5, 0.6) is 0 Å². The number of carbonyl (C=O) groups excluding carboxylic acids is 1. The third kappa shape index (κ3) is 5.54. The first kappa shape index (κ1) is 16.6. The smallest absolute Gasteiger partial charge is 0.216 e. The zero-order chi connectivity index (χ0) is 15.8. The topological polar surface area (TPSA) is 49.3 Å². The van der Waals surface area contributed by atoms with Crippen molar-refractivity contribution in [3.63, 3.8) is 0 Å². The third-order valence-electron chi connectivity index (χ3n) is 4.07. The summed E-state index contributed by atoms with van der Waals surface area (Å²) in [5, 5.41) is 12.8. The summed E-state index contributed by atoms with van der Waals surface area (Å²) in [6, 6.07) is 8.24. The molecule has 118 valence electrons. The van der Waals surface area contributed by atoms with Crippen LogP contribution in [0.15, 0.2) is 24.3 Å². The average molecular weight is 299 g/mol. The van der Waals surface area contributed by atoms with Crippen LogP contribution >= 0.6 is 0 Å². The molecule has 1 aliphatic rings. The highest BCUT2D eigenvalue weighted by molar-refractivity contribution is 5.72. The molecule has 1 fully saturated rings. The summed E-state index contributed by atoms with van der Waals surface area (Å²) >= 11 is 0. The summed E-state index contributed by atoms with van der Waals surface area (Å²) in [6.07, 6.45) is 5.76. The minimum absolute atomic E-state index is 0.0191. The Balaban J connectivity index is 1.89. The van der Waals surface area contributed by atoms with Gasteiger partial charge in [-0.05, 0) is 43.4 Å². The van der Waals surface area contributed by atoms with Crippen LogP contribution in [0.1, 0.15) is 50.2 Å². The zero-order valence-electron chi connectivity index (χ0n) is 13.3. The molecule has 0 saturated heterocycles. The molecule has 0 spiro atoms. The van der Waals surface area contributed by atoms with Gasteiger partial charge in [-0.25, -0.2) is 0 Å². The van der Waals surface area contributed by atoms with Crippen LogP contribution in [0, 0.1) is 17.8 Å². The number of hydrogen-bond donors (Lipinski definition) is 2. The van der Waals surface area contributed by atoms with E-state index in [4.69, 9.17) is 0 Å². The molecule has 2 atom stereocenters. The van der Waals surface area contributed by atoms with Crippen molar-refractivity contribution in [1.82, 2.24) is 5.32 Å². The van der Waals surface area contributed by atoms with Crippen molar-refractivity contribution in [1.29, 1.82) is 0 Å². The second kappa shape index (κ2) is 8.60. The highest BCUT2D eigenvalue weighted by Gasteiger charge is 2.20. The monoisotopic (exact) mass is 299 g/mol. The second-order valence-electron chi connectivity index (χ2n) is 6.01. The predicted octanol–water partition coefficient (Wildman–Crippen LogP) is 2.66. The molecule has 2 N–H and O–H groups in total. The maximum Gasteiger partial charge on any atom is 0.216 e. The van der Waals surface area contributed by atoms with E-state index in [0.29, 0.717) is 6.54 Å². The fourth-order valence-corrected chi connectivity index (χ4v) is 2.82. The molecule has 2 unspecified atom stereocenters. The number of aryl methyl sites for hydroxylation is 1. The molecule has 1 saturated carbocycles. The minimum Gasteiger partial charge on any atom is -0.392 e. The van der Waals surface area contributed by atoms with E-state index in [1.54, 1.807) is 0 Å². The van der Waals surface area contributed by atoms with Gasteiger partial charge in [0, 0.05) is 24.9 Å². The normalized spacial score (nSPS) is 20.8. The molecule has 1 aromatic carbocycles. The number of aliphatic hydroxyl groups excluding tert-OH is 1. The number of rotatable bonds is 4.